The molecule has 9 heteroatoms. The van der Waals surface area contributed by atoms with E-state index in [-0.39, 0.29) is 6.61 Å². The van der Waals surface area contributed by atoms with E-state index in [1.54, 1.807) is 0 Å². The van der Waals surface area contributed by atoms with Gasteiger partial charge in [0.1, 0.15) is 18.3 Å². The summed E-state index contributed by atoms with van der Waals surface area (Å²) < 4.78 is 53.4. The molecule has 4 rings (SSSR count). The van der Waals surface area contributed by atoms with Crippen molar-refractivity contribution in [3.05, 3.63) is 71.8 Å². The van der Waals surface area contributed by atoms with E-state index in [0.29, 0.717) is 6.54 Å². The molecular weight excluding hydrogens is 422 g/mol. The summed E-state index contributed by atoms with van der Waals surface area (Å²) in [6, 6.07) is 18.6. The Labute approximate surface area is 182 Å². The average molecular weight is 450 g/mol. The minimum atomic E-state index is -3.78. The molecule has 0 spiro atoms. The number of nitrogens with one attached hydrogen (secondary N) is 1. The third kappa shape index (κ3) is 5.50. The van der Waals surface area contributed by atoms with Gasteiger partial charge in [0.25, 0.3) is 10.1 Å². The van der Waals surface area contributed by atoms with Crippen LogP contribution in [0, 0.1) is 0 Å². The van der Waals surface area contributed by atoms with Crippen molar-refractivity contribution in [1.29, 1.82) is 0 Å². The van der Waals surface area contributed by atoms with Gasteiger partial charge < -0.3 is 24.3 Å². The molecule has 8 nitrogen and oxygen atoms in total. The molecule has 6 atom stereocenters. The van der Waals surface area contributed by atoms with Crippen molar-refractivity contribution in [2.45, 2.75) is 43.5 Å². The third-order valence-corrected chi connectivity index (χ3v) is 5.89. The first-order chi connectivity index (χ1) is 14.9. The molecule has 2 aromatic carbocycles. The normalized spacial score (nSPS) is 31.2. The first-order valence-electron chi connectivity index (χ1n) is 10.1. The summed E-state index contributed by atoms with van der Waals surface area (Å²) in [5, 5.41) is 3.34. The second kappa shape index (κ2) is 9.74. The molecule has 168 valence electrons. The zero-order valence-electron chi connectivity index (χ0n) is 17.4. The Kier molecular flexibility index (Phi) is 7.02. The monoisotopic (exact) mass is 449 g/mol. The maximum atomic E-state index is 12.1. The van der Waals surface area contributed by atoms with Gasteiger partial charge in [-0.2, -0.15) is 8.42 Å². The number of methoxy groups -OCH3 is 1. The topological polar surface area (TPSA) is 92.3 Å². The molecule has 1 N–H and O–H groups in total. The molecule has 0 unspecified atom stereocenters. The number of benzene rings is 2. The highest BCUT2D eigenvalue weighted by molar-refractivity contribution is 7.86. The molecule has 2 saturated heterocycles. The molecule has 2 aliphatic heterocycles. The van der Waals surface area contributed by atoms with Gasteiger partial charge in [-0.15, -0.1) is 0 Å². The first-order valence-corrected chi connectivity index (χ1v) is 11.9. The van der Waals surface area contributed by atoms with Crippen LogP contribution in [0.15, 0.2) is 60.7 Å². The fraction of sp³-hybridized carbons (Fsp3) is 0.455. The van der Waals surface area contributed by atoms with Gasteiger partial charge in [-0.25, -0.2) is 0 Å². The number of ether oxygens (including phenoxy) is 4. The lowest BCUT2D eigenvalue weighted by atomic mass is 9.95. The summed E-state index contributed by atoms with van der Waals surface area (Å²) in [6.07, 6.45) is -2.43. The van der Waals surface area contributed by atoms with Crippen LogP contribution < -0.4 is 5.32 Å². The number of fused-ring (bicyclic) bond motifs is 1. The predicted octanol–water partition coefficient (Wildman–Crippen LogP) is 1.98. The fourth-order valence-electron chi connectivity index (χ4n) is 3.92. The van der Waals surface area contributed by atoms with Crippen molar-refractivity contribution in [3.8, 4) is 0 Å². The van der Waals surface area contributed by atoms with Gasteiger partial charge in [-0.1, -0.05) is 60.7 Å². The maximum absolute atomic E-state index is 12.1. The van der Waals surface area contributed by atoms with E-state index in [0.717, 1.165) is 17.4 Å². The van der Waals surface area contributed by atoms with Crippen LogP contribution in [0.5, 0.6) is 0 Å². The minimum absolute atomic E-state index is 0.221. The van der Waals surface area contributed by atoms with Crippen LogP contribution in [-0.4, -0.2) is 59.0 Å². The minimum Gasteiger partial charge on any atom is -0.354 e. The summed E-state index contributed by atoms with van der Waals surface area (Å²) in [6.45, 7) is 0.702. The molecule has 0 amide bonds. The Morgan fingerprint density at radius 3 is 2.35 bits per heavy atom. The fourth-order valence-corrected chi connectivity index (χ4v) is 4.55. The standard InChI is InChI=1S/C22H27NO7S/c1-26-22-18(23-13-15-9-5-3-6-10-15)20(30-31(2,24)25)19-17(28-22)14-27-21(29-19)16-11-7-4-8-12-16/h3-12,17-23H,13-14H2,1-2H3/t17-,18-,19-,20-,21-,22-/m0/s1. The first kappa shape index (κ1) is 22.3. The zero-order chi connectivity index (χ0) is 21.8. The molecule has 0 bridgehead atoms. The van der Waals surface area contributed by atoms with Crippen molar-refractivity contribution in [3.63, 3.8) is 0 Å². The summed E-state index contributed by atoms with van der Waals surface area (Å²) in [7, 11) is -2.26. The number of hydrogen-bond acceptors (Lipinski definition) is 8. The highest BCUT2D eigenvalue weighted by Crippen LogP contribution is 2.36. The largest absolute Gasteiger partial charge is 0.354 e. The lowest BCUT2D eigenvalue weighted by Crippen LogP contribution is -2.66. The lowest BCUT2D eigenvalue weighted by molar-refractivity contribution is -0.338. The molecule has 2 aromatic rings. The van der Waals surface area contributed by atoms with Gasteiger partial charge in [0.15, 0.2) is 12.6 Å². The Bertz CT molecular complexity index is 935. The summed E-state index contributed by atoms with van der Waals surface area (Å²) >= 11 is 0. The highest BCUT2D eigenvalue weighted by atomic mass is 32.2. The smallest absolute Gasteiger partial charge is 0.264 e. The predicted molar refractivity (Wildman–Crippen MR) is 112 cm³/mol. The van der Waals surface area contributed by atoms with Crippen LogP contribution in [0.25, 0.3) is 0 Å². The van der Waals surface area contributed by atoms with E-state index >= 15 is 0 Å². The number of hydrogen-bond donors (Lipinski definition) is 1. The summed E-state index contributed by atoms with van der Waals surface area (Å²) in [5.41, 5.74) is 1.87. The molecule has 2 fully saturated rings. The van der Waals surface area contributed by atoms with Gasteiger partial charge in [0.05, 0.1) is 18.9 Å². The van der Waals surface area contributed by atoms with Crippen molar-refractivity contribution in [2.75, 3.05) is 20.0 Å². The third-order valence-electron chi connectivity index (χ3n) is 5.31. The van der Waals surface area contributed by atoms with Gasteiger partial charge in [0, 0.05) is 19.2 Å². The van der Waals surface area contributed by atoms with Crippen LogP contribution in [0.4, 0.5) is 0 Å². The average Bonchev–Trinajstić information content (AvgIpc) is 2.78. The van der Waals surface area contributed by atoms with Crippen LogP contribution in [0.3, 0.4) is 0 Å². The van der Waals surface area contributed by atoms with Gasteiger partial charge in [-0.3, -0.25) is 4.18 Å². The van der Waals surface area contributed by atoms with E-state index in [4.69, 9.17) is 23.1 Å². The lowest BCUT2D eigenvalue weighted by Gasteiger charge is -2.48. The second-order valence-corrected chi connectivity index (χ2v) is 9.21. The summed E-state index contributed by atoms with van der Waals surface area (Å²) in [5.74, 6) is 0. The Hall–Kier alpha value is -1.85. The van der Waals surface area contributed by atoms with Gasteiger partial charge >= 0.3 is 0 Å². The van der Waals surface area contributed by atoms with Crippen LogP contribution in [0.1, 0.15) is 17.4 Å². The molecule has 0 saturated carbocycles. The van der Waals surface area contributed by atoms with Crippen molar-refractivity contribution in [2.24, 2.45) is 0 Å². The molecule has 0 aromatic heterocycles. The van der Waals surface area contributed by atoms with Crippen LogP contribution in [0.2, 0.25) is 0 Å². The van der Waals surface area contributed by atoms with E-state index in [2.05, 4.69) is 5.32 Å². The second-order valence-electron chi connectivity index (χ2n) is 7.61. The Balaban J connectivity index is 1.59. The van der Waals surface area contributed by atoms with Crippen LogP contribution in [-0.2, 0) is 39.8 Å². The molecule has 2 heterocycles. The molecule has 0 aliphatic carbocycles. The molecule has 0 radical (unpaired) electrons. The van der Waals surface area contributed by atoms with Gasteiger partial charge in [-0.05, 0) is 5.56 Å². The number of rotatable bonds is 7. The SMILES string of the molecule is CO[C@H]1O[C@H]2CO[C@H](c3ccccc3)O[C@@H]2[C@@H](OS(C)(=O)=O)[C@@H]1NCc1ccccc1. The molecule has 2 aliphatic rings. The maximum Gasteiger partial charge on any atom is 0.264 e. The Morgan fingerprint density at radius 2 is 1.71 bits per heavy atom. The quantitative estimate of drug-likeness (QED) is 0.642. The molecular formula is C22H27NO7S. The highest BCUT2D eigenvalue weighted by Gasteiger charge is 2.52. The van der Waals surface area contributed by atoms with Crippen LogP contribution >= 0.6 is 0 Å². The van der Waals surface area contributed by atoms with Crippen molar-refractivity contribution >= 4 is 10.1 Å². The van der Waals surface area contributed by atoms with E-state index in [9.17, 15) is 8.42 Å². The van der Waals surface area contributed by atoms with Gasteiger partial charge in [0.2, 0.25) is 0 Å². The van der Waals surface area contributed by atoms with Crippen molar-refractivity contribution < 1.29 is 31.5 Å². The molecule has 31 heavy (non-hydrogen) atoms. The van der Waals surface area contributed by atoms with E-state index < -0.39 is 47.1 Å². The zero-order valence-corrected chi connectivity index (χ0v) is 18.2. The van der Waals surface area contributed by atoms with E-state index in [1.165, 1.54) is 7.11 Å². The van der Waals surface area contributed by atoms with E-state index in [1.807, 2.05) is 60.7 Å². The van der Waals surface area contributed by atoms with Crippen molar-refractivity contribution in [1.82, 2.24) is 5.32 Å². The Morgan fingerprint density at radius 1 is 1.03 bits per heavy atom. The summed E-state index contributed by atoms with van der Waals surface area (Å²) in [4.78, 5) is 0.